The molecule has 0 aliphatic carbocycles. The summed E-state index contributed by atoms with van der Waals surface area (Å²) in [5, 5.41) is 11.9. The molecule has 6 heteroatoms. The molecule has 1 N–H and O–H groups in total. The number of rotatable bonds is 7. The maximum absolute atomic E-state index is 12.4. The van der Waals surface area contributed by atoms with Crippen LogP contribution in [0.5, 0.6) is 0 Å². The number of nitrogens with zero attached hydrogens (tertiary/aromatic N) is 2. The quantitative estimate of drug-likeness (QED) is 0.590. The van der Waals surface area contributed by atoms with Crippen molar-refractivity contribution in [1.82, 2.24) is 15.1 Å². The van der Waals surface area contributed by atoms with Crippen LogP contribution >= 0.6 is 27.3 Å². The predicted octanol–water partition coefficient (Wildman–Crippen LogP) is 4.66. The van der Waals surface area contributed by atoms with Crippen molar-refractivity contribution in [2.24, 2.45) is 0 Å². The van der Waals surface area contributed by atoms with E-state index in [0.29, 0.717) is 13.0 Å². The van der Waals surface area contributed by atoms with Gasteiger partial charge in [0.2, 0.25) is 5.91 Å². The second-order valence-electron chi connectivity index (χ2n) is 6.34. The van der Waals surface area contributed by atoms with Gasteiger partial charge in [0.1, 0.15) is 0 Å². The summed E-state index contributed by atoms with van der Waals surface area (Å²) in [5.41, 5.74) is 4.41. The molecule has 2 aromatic heterocycles. The van der Waals surface area contributed by atoms with Crippen LogP contribution in [0, 0.1) is 13.8 Å². The molecular weight excluding hydrogens is 410 g/mol. The fourth-order valence-corrected chi connectivity index (χ4v) is 4.21. The van der Waals surface area contributed by atoms with Gasteiger partial charge in [-0.15, -0.1) is 0 Å². The topological polar surface area (TPSA) is 46.9 Å². The fraction of sp³-hybridized carbons (Fsp3) is 0.300. The molecule has 0 saturated carbocycles. The van der Waals surface area contributed by atoms with Crippen LogP contribution in [-0.2, 0) is 11.2 Å². The van der Waals surface area contributed by atoms with E-state index in [1.807, 2.05) is 42.8 Å². The molecule has 0 fully saturated rings. The number of carbonyl (C=O) groups is 1. The summed E-state index contributed by atoms with van der Waals surface area (Å²) in [7, 11) is 0. The summed E-state index contributed by atoms with van der Waals surface area (Å²) in [5.74, 6) is 0.0579. The number of nitrogens with one attached hydrogen (secondary N) is 1. The molecule has 0 saturated heterocycles. The van der Waals surface area contributed by atoms with Crippen molar-refractivity contribution in [1.29, 1.82) is 0 Å². The van der Waals surface area contributed by atoms with Crippen molar-refractivity contribution in [2.45, 2.75) is 32.7 Å². The van der Waals surface area contributed by atoms with E-state index in [9.17, 15) is 4.79 Å². The van der Waals surface area contributed by atoms with Gasteiger partial charge in [-0.05, 0) is 60.4 Å². The molecule has 0 spiro atoms. The van der Waals surface area contributed by atoms with Crippen LogP contribution in [0.1, 0.15) is 35.0 Å². The Kier molecular flexibility index (Phi) is 6.27. The third kappa shape index (κ3) is 4.62. The molecule has 0 bridgehead atoms. The molecule has 0 radical (unpaired) electrons. The molecule has 26 heavy (non-hydrogen) atoms. The van der Waals surface area contributed by atoms with Crippen LogP contribution in [0.25, 0.3) is 0 Å². The van der Waals surface area contributed by atoms with Gasteiger partial charge in [-0.1, -0.05) is 34.1 Å². The Morgan fingerprint density at radius 2 is 2.12 bits per heavy atom. The van der Waals surface area contributed by atoms with Gasteiger partial charge in [0, 0.05) is 23.1 Å². The second kappa shape index (κ2) is 8.64. The number of thiophene rings is 1. The van der Waals surface area contributed by atoms with Gasteiger partial charge in [0.25, 0.3) is 0 Å². The maximum atomic E-state index is 12.4. The van der Waals surface area contributed by atoms with Crippen LogP contribution in [-0.4, -0.2) is 22.2 Å². The molecular formula is C20H22BrN3OS. The van der Waals surface area contributed by atoms with Crippen molar-refractivity contribution in [2.75, 3.05) is 6.54 Å². The Balaban J connectivity index is 1.64. The molecule has 1 aromatic carbocycles. The molecule has 0 aliphatic heterocycles. The van der Waals surface area contributed by atoms with E-state index < -0.39 is 0 Å². The van der Waals surface area contributed by atoms with Gasteiger partial charge < -0.3 is 5.32 Å². The molecule has 3 aromatic rings. The Morgan fingerprint density at radius 3 is 2.77 bits per heavy atom. The summed E-state index contributed by atoms with van der Waals surface area (Å²) in [6.07, 6.45) is 1.19. The van der Waals surface area contributed by atoms with Gasteiger partial charge in [0.15, 0.2) is 0 Å². The third-order valence-corrected chi connectivity index (χ3v) is 5.81. The van der Waals surface area contributed by atoms with E-state index in [4.69, 9.17) is 0 Å². The third-order valence-electron chi connectivity index (χ3n) is 4.34. The standard InChI is InChI=1S/C20H22BrN3OS/c1-14-11-15(2)24(23-14)19(17-9-10-26-13-17)12-22-20(25)8-7-16-5-3-4-6-18(16)21/h3-6,9-11,13,19H,7-8,12H2,1-2H3,(H,22,25). The predicted molar refractivity (Wildman–Crippen MR) is 110 cm³/mol. The zero-order valence-electron chi connectivity index (χ0n) is 14.9. The molecule has 2 heterocycles. The monoisotopic (exact) mass is 431 g/mol. The number of benzene rings is 1. The van der Waals surface area contributed by atoms with Crippen molar-refractivity contribution in [3.63, 3.8) is 0 Å². The largest absolute Gasteiger partial charge is 0.354 e. The first-order chi connectivity index (χ1) is 12.5. The molecule has 1 atom stereocenters. The van der Waals surface area contributed by atoms with Gasteiger partial charge >= 0.3 is 0 Å². The summed E-state index contributed by atoms with van der Waals surface area (Å²) in [6.45, 7) is 4.58. The Hall–Kier alpha value is -1.92. The van der Waals surface area contributed by atoms with Crippen LogP contribution in [0.3, 0.4) is 0 Å². The highest BCUT2D eigenvalue weighted by Gasteiger charge is 2.18. The zero-order valence-corrected chi connectivity index (χ0v) is 17.3. The van der Waals surface area contributed by atoms with E-state index in [-0.39, 0.29) is 11.9 Å². The van der Waals surface area contributed by atoms with Crippen LogP contribution < -0.4 is 5.32 Å². The van der Waals surface area contributed by atoms with Gasteiger partial charge in [-0.25, -0.2) is 0 Å². The number of hydrogen-bond donors (Lipinski definition) is 1. The summed E-state index contributed by atoms with van der Waals surface area (Å²) in [6, 6.07) is 12.2. The minimum absolute atomic E-state index is 0.0161. The molecule has 1 amide bonds. The van der Waals surface area contributed by atoms with E-state index in [1.165, 1.54) is 5.56 Å². The molecule has 3 rings (SSSR count). The Bertz CT molecular complexity index is 873. The SMILES string of the molecule is Cc1cc(C)n(C(CNC(=O)CCc2ccccc2Br)c2ccsc2)n1. The number of aryl methyl sites for hydroxylation is 3. The first-order valence-electron chi connectivity index (χ1n) is 8.59. The lowest BCUT2D eigenvalue weighted by Gasteiger charge is -2.19. The Labute approximate surface area is 166 Å². The lowest BCUT2D eigenvalue weighted by atomic mass is 10.1. The number of amides is 1. The summed E-state index contributed by atoms with van der Waals surface area (Å²) >= 11 is 5.19. The zero-order chi connectivity index (χ0) is 18.5. The van der Waals surface area contributed by atoms with Gasteiger partial charge in [0.05, 0.1) is 11.7 Å². The van der Waals surface area contributed by atoms with Crippen LogP contribution in [0.2, 0.25) is 0 Å². The highest BCUT2D eigenvalue weighted by atomic mass is 79.9. The van der Waals surface area contributed by atoms with Crippen molar-refractivity contribution < 1.29 is 4.79 Å². The second-order valence-corrected chi connectivity index (χ2v) is 7.97. The van der Waals surface area contributed by atoms with Crippen molar-refractivity contribution in [3.05, 3.63) is 74.1 Å². The van der Waals surface area contributed by atoms with Crippen molar-refractivity contribution >= 4 is 33.2 Å². The molecule has 1 unspecified atom stereocenters. The summed E-state index contributed by atoms with van der Waals surface area (Å²) < 4.78 is 3.05. The first-order valence-corrected chi connectivity index (χ1v) is 10.3. The highest BCUT2D eigenvalue weighted by Crippen LogP contribution is 2.22. The maximum Gasteiger partial charge on any atom is 0.220 e. The lowest BCUT2D eigenvalue weighted by molar-refractivity contribution is -0.121. The number of carbonyl (C=O) groups excluding carboxylic acids is 1. The van der Waals surface area contributed by atoms with Gasteiger partial charge in [-0.2, -0.15) is 16.4 Å². The van der Waals surface area contributed by atoms with Crippen LogP contribution in [0.15, 0.2) is 51.6 Å². The van der Waals surface area contributed by atoms with E-state index in [1.54, 1.807) is 11.3 Å². The van der Waals surface area contributed by atoms with Crippen molar-refractivity contribution in [3.8, 4) is 0 Å². The average Bonchev–Trinajstić information content (AvgIpc) is 3.25. The van der Waals surface area contributed by atoms with E-state index in [0.717, 1.165) is 27.8 Å². The van der Waals surface area contributed by atoms with E-state index in [2.05, 4.69) is 49.2 Å². The van der Waals surface area contributed by atoms with Gasteiger partial charge in [-0.3, -0.25) is 9.48 Å². The van der Waals surface area contributed by atoms with E-state index >= 15 is 0 Å². The number of hydrogen-bond acceptors (Lipinski definition) is 3. The Morgan fingerprint density at radius 1 is 1.31 bits per heavy atom. The molecule has 4 nitrogen and oxygen atoms in total. The molecule has 136 valence electrons. The number of aromatic nitrogens is 2. The fourth-order valence-electron chi connectivity index (χ4n) is 3.02. The highest BCUT2D eigenvalue weighted by molar-refractivity contribution is 9.10. The average molecular weight is 432 g/mol. The minimum atomic E-state index is 0.0161. The molecule has 0 aliphatic rings. The van der Waals surface area contributed by atoms with Crippen LogP contribution in [0.4, 0.5) is 0 Å². The lowest BCUT2D eigenvalue weighted by Crippen LogP contribution is -2.32. The normalized spacial score (nSPS) is 12.1. The number of halogens is 1. The summed E-state index contributed by atoms with van der Waals surface area (Å²) in [4.78, 5) is 12.4. The first kappa shape index (κ1) is 18.9. The minimum Gasteiger partial charge on any atom is -0.354 e. The smallest absolute Gasteiger partial charge is 0.220 e.